The maximum Gasteiger partial charge on any atom is 0.249 e. The molecule has 3 rings (SSSR count). The van der Waals surface area contributed by atoms with Crippen molar-refractivity contribution in [2.45, 2.75) is 43.4 Å². The number of benzene rings is 1. The lowest BCUT2D eigenvalue weighted by atomic mass is 10.1. The first kappa shape index (κ1) is 14.4. The van der Waals surface area contributed by atoms with Crippen LogP contribution >= 0.6 is 0 Å². The molecule has 1 heterocycles. The Kier molecular flexibility index (Phi) is 3.91. The largest absolute Gasteiger partial charge is 0.364 e. The minimum absolute atomic E-state index is 0.0648. The van der Waals surface area contributed by atoms with Crippen molar-refractivity contribution < 1.29 is 18.3 Å². The lowest BCUT2D eigenvalue weighted by Crippen LogP contribution is -2.37. The summed E-state index contributed by atoms with van der Waals surface area (Å²) in [4.78, 5) is 12.0. The van der Waals surface area contributed by atoms with Crippen LogP contribution in [0, 0.1) is 11.6 Å². The van der Waals surface area contributed by atoms with E-state index in [1.54, 1.807) is 0 Å². The van der Waals surface area contributed by atoms with Crippen LogP contribution in [0.25, 0.3) is 0 Å². The molecule has 21 heavy (non-hydrogen) atoms. The van der Waals surface area contributed by atoms with Crippen LogP contribution in [0.3, 0.4) is 0 Å². The van der Waals surface area contributed by atoms with E-state index in [4.69, 9.17) is 10.5 Å². The second-order valence-corrected chi connectivity index (χ2v) is 5.65. The Morgan fingerprint density at radius 1 is 1.33 bits per heavy atom. The second kappa shape index (κ2) is 5.69. The molecule has 0 aromatic heterocycles. The Hall–Kier alpha value is -1.53. The van der Waals surface area contributed by atoms with E-state index in [0.29, 0.717) is 19.4 Å². The molecule has 2 aliphatic rings. The standard InChI is InChI=1S/C15H18F2N2O2/c16-10-2-1-3-11(17)14(10)9-6-12(9)19-15(20)13-5-4-8(7-18)21-13/h1-3,8-9,12-13H,4-7,18H2,(H,19,20)/t8-,9-,12-,13+/m1/s1. The summed E-state index contributed by atoms with van der Waals surface area (Å²) in [6.07, 6.45) is 1.39. The summed E-state index contributed by atoms with van der Waals surface area (Å²) in [6.45, 7) is 0.399. The molecule has 4 nitrogen and oxygen atoms in total. The third kappa shape index (κ3) is 2.91. The molecule has 4 atom stereocenters. The number of carbonyl (C=O) groups excluding carboxylic acids is 1. The number of nitrogens with one attached hydrogen (secondary N) is 1. The summed E-state index contributed by atoms with van der Waals surface area (Å²) in [5, 5.41) is 2.81. The zero-order valence-corrected chi connectivity index (χ0v) is 11.5. The molecule has 114 valence electrons. The van der Waals surface area contributed by atoms with Gasteiger partial charge in [0, 0.05) is 24.1 Å². The van der Waals surface area contributed by atoms with E-state index in [2.05, 4.69) is 5.32 Å². The van der Waals surface area contributed by atoms with E-state index in [0.717, 1.165) is 6.42 Å². The summed E-state index contributed by atoms with van der Waals surface area (Å²) in [6, 6.07) is 3.59. The molecule has 0 radical (unpaired) electrons. The first-order chi connectivity index (χ1) is 10.1. The number of hydrogen-bond acceptors (Lipinski definition) is 3. The maximum absolute atomic E-state index is 13.7. The maximum atomic E-state index is 13.7. The number of nitrogens with two attached hydrogens (primary N) is 1. The Morgan fingerprint density at radius 2 is 2.05 bits per heavy atom. The molecule has 0 unspecified atom stereocenters. The molecular formula is C15H18F2N2O2. The second-order valence-electron chi connectivity index (χ2n) is 5.65. The van der Waals surface area contributed by atoms with Gasteiger partial charge in [-0.3, -0.25) is 4.79 Å². The minimum atomic E-state index is -0.558. The molecule has 1 aliphatic carbocycles. The SMILES string of the molecule is NC[C@H]1CC[C@@H](C(=O)N[C@@H]2C[C@H]2c2c(F)cccc2F)O1. The Morgan fingerprint density at radius 3 is 2.67 bits per heavy atom. The van der Waals surface area contributed by atoms with E-state index in [1.807, 2.05) is 0 Å². The Labute approximate surface area is 121 Å². The van der Waals surface area contributed by atoms with E-state index in [1.165, 1.54) is 18.2 Å². The van der Waals surface area contributed by atoms with E-state index in [-0.39, 0.29) is 29.5 Å². The van der Waals surface area contributed by atoms with E-state index < -0.39 is 17.7 Å². The van der Waals surface area contributed by atoms with Crippen molar-refractivity contribution in [2.75, 3.05) is 6.54 Å². The number of amides is 1. The van der Waals surface area contributed by atoms with Crippen molar-refractivity contribution in [3.63, 3.8) is 0 Å². The van der Waals surface area contributed by atoms with Gasteiger partial charge in [0.1, 0.15) is 17.7 Å². The first-order valence-electron chi connectivity index (χ1n) is 7.20. The summed E-state index contributed by atoms with van der Waals surface area (Å²) in [5.41, 5.74) is 5.57. The zero-order chi connectivity index (χ0) is 15.0. The van der Waals surface area contributed by atoms with Crippen LogP contribution in [-0.4, -0.2) is 30.7 Å². The molecule has 3 N–H and O–H groups in total. The van der Waals surface area contributed by atoms with Crippen molar-refractivity contribution in [3.05, 3.63) is 35.4 Å². The predicted octanol–water partition coefficient (Wildman–Crippen LogP) is 1.44. The average Bonchev–Trinajstić information content (AvgIpc) is 3.03. The first-order valence-corrected chi connectivity index (χ1v) is 7.20. The van der Waals surface area contributed by atoms with E-state index in [9.17, 15) is 13.6 Å². The van der Waals surface area contributed by atoms with Crippen molar-refractivity contribution in [1.82, 2.24) is 5.32 Å². The van der Waals surface area contributed by atoms with Gasteiger partial charge in [-0.1, -0.05) is 6.07 Å². The Balaban J connectivity index is 1.58. The van der Waals surface area contributed by atoms with Gasteiger partial charge in [0.15, 0.2) is 0 Å². The van der Waals surface area contributed by atoms with Crippen LogP contribution in [0.5, 0.6) is 0 Å². The summed E-state index contributed by atoms with van der Waals surface area (Å²) in [7, 11) is 0. The van der Waals surface area contributed by atoms with Gasteiger partial charge < -0.3 is 15.8 Å². The van der Waals surface area contributed by atoms with Gasteiger partial charge in [0.25, 0.3) is 0 Å². The summed E-state index contributed by atoms with van der Waals surface area (Å²) >= 11 is 0. The van der Waals surface area contributed by atoms with Crippen LogP contribution in [0.2, 0.25) is 0 Å². The number of ether oxygens (including phenoxy) is 1. The number of rotatable bonds is 4. The van der Waals surface area contributed by atoms with Crippen LogP contribution in [0.4, 0.5) is 8.78 Å². The molecule has 1 aromatic rings. The fourth-order valence-corrected chi connectivity index (χ4v) is 2.89. The molecule has 1 saturated carbocycles. The zero-order valence-electron chi connectivity index (χ0n) is 11.5. The monoisotopic (exact) mass is 296 g/mol. The van der Waals surface area contributed by atoms with E-state index >= 15 is 0 Å². The summed E-state index contributed by atoms with van der Waals surface area (Å²) in [5.74, 6) is -1.62. The normalized spacial score (nSPS) is 31.2. The van der Waals surface area contributed by atoms with Gasteiger partial charge in [0.2, 0.25) is 5.91 Å². The average molecular weight is 296 g/mol. The highest BCUT2D eigenvalue weighted by molar-refractivity contribution is 5.81. The van der Waals surface area contributed by atoms with Gasteiger partial charge in [0.05, 0.1) is 6.10 Å². The third-order valence-corrected chi connectivity index (χ3v) is 4.15. The fourth-order valence-electron chi connectivity index (χ4n) is 2.89. The van der Waals surface area contributed by atoms with Crippen LogP contribution in [0.15, 0.2) is 18.2 Å². The molecule has 1 amide bonds. The highest BCUT2D eigenvalue weighted by atomic mass is 19.1. The van der Waals surface area contributed by atoms with Gasteiger partial charge >= 0.3 is 0 Å². The lowest BCUT2D eigenvalue weighted by Gasteiger charge is -2.13. The lowest BCUT2D eigenvalue weighted by molar-refractivity contribution is -0.132. The minimum Gasteiger partial charge on any atom is -0.364 e. The number of carbonyl (C=O) groups is 1. The summed E-state index contributed by atoms with van der Waals surface area (Å²) < 4.78 is 32.8. The van der Waals surface area contributed by atoms with Gasteiger partial charge in [-0.25, -0.2) is 8.78 Å². The van der Waals surface area contributed by atoms with Gasteiger partial charge in [-0.2, -0.15) is 0 Å². The molecule has 1 aliphatic heterocycles. The van der Waals surface area contributed by atoms with Crippen LogP contribution in [0.1, 0.15) is 30.7 Å². The van der Waals surface area contributed by atoms with Crippen molar-refractivity contribution in [1.29, 1.82) is 0 Å². The number of halogens is 2. The topological polar surface area (TPSA) is 64.4 Å². The fraction of sp³-hybridized carbons (Fsp3) is 0.533. The molecule has 1 aromatic carbocycles. The highest BCUT2D eigenvalue weighted by Crippen LogP contribution is 2.43. The van der Waals surface area contributed by atoms with Crippen molar-refractivity contribution in [3.8, 4) is 0 Å². The Bertz CT molecular complexity index is 532. The van der Waals surface area contributed by atoms with Gasteiger partial charge in [-0.15, -0.1) is 0 Å². The third-order valence-electron chi connectivity index (χ3n) is 4.15. The predicted molar refractivity (Wildman–Crippen MR) is 72.6 cm³/mol. The molecule has 6 heteroatoms. The van der Waals surface area contributed by atoms with Crippen LogP contribution in [-0.2, 0) is 9.53 Å². The molecule has 0 spiro atoms. The smallest absolute Gasteiger partial charge is 0.249 e. The molecule has 1 saturated heterocycles. The molecular weight excluding hydrogens is 278 g/mol. The van der Waals surface area contributed by atoms with Crippen molar-refractivity contribution >= 4 is 5.91 Å². The quantitative estimate of drug-likeness (QED) is 0.884. The van der Waals surface area contributed by atoms with Gasteiger partial charge in [-0.05, 0) is 31.4 Å². The number of hydrogen-bond donors (Lipinski definition) is 2. The van der Waals surface area contributed by atoms with Crippen molar-refractivity contribution in [2.24, 2.45) is 5.73 Å². The highest BCUT2D eigenvalue weighted by Gasteiger charge is 2.44. The molecule has 2 fully saturated rings. The van der Waals surface area contributed by atoms with Crippen LogP contribution < -0.4 is 11.1 Å². The molecule has 0 bridgehead atoms.